The van der Waals surface area contributed by atoms with E-state index in [0.717, 1.165) is 39.0 Å². The molecule has 0 spiro atoms. The van der Waals surface area contributed by atoms with E-state index in [0.29, 0.717) is 17.9 Å². The summed E-state index contributed by atoms with van der Waals surface area (Å²) in [5, 5.41) is 3.33. The third-order valence-corrected chi connectivity index (χ3v) is 4.88. The van der Waals surface area contributed by atoms with Crippen LogP contribution in [0.4, 0.5) is 0 Å². The average Bonchev–Trinajstić information content (AvgIpc) is 2.48. The van der Waals surface area contributed by atoms with Crippen molar-refractivity contribution in [2.45, 2.75) is 58.0 Å². The minimum absolute atomic E-state index is 0.0986. The minimum Gasteiger partial charge on any atom is -0.341 e. The van der Waals surface area contributed by atoms with Gasteiger partial charge in [-0.15, -0.1) is 0 Å². The van der Waals surface area contributed by atoms with Gasteiger partial charge in [-0.1, -0.05) is 20.3 Å². The van der Waals surface area contributed by atoms with Gasteiger partial charge in [0.1, 0.15) is 0 Å². The van der Waals surface area contributed by atoms with Crippen LogP contribution in [0.3, 0.4) is 0 Å². The van der Waals surface area contributed by atoms with E-state index >= 15 is 0 Å². The second kappa shape index (κ2) is 7.41. The number of likely N-dealkylation sites (tertiary alicyclic amines) is 2. The first-order valence-corrected chi connectivity index (χ1v) is 8.33. The summed E-state index contributed by atoms with van der Waals surface area (Å²) in [6, 6.07) is 0.688. The zero-order chi connectivity index (χ0) is 14.5. The molecule has 0 aromatic rings. The highest BCUT2D eigenvalue weighted by Crippen LogP contribution is 2.21. The highest BCUT2D eigenvalue weighted by molar-refractivity contribution is 5.82. The highest BCUT2D eigenvalue weighted by Gasteiger charge is 2.34. The molecule has 1 atom stereocenters. The smallest absolute Gasteiger partial charge is 0.240 e. The predicted molar refractivity (Wildman–Crippen MR) is 82.7 cm³/mol. The van der Waals surface area contributed by atoms with E-state index in [1.54, 1.807) is 0 Å². The van der Waals surface area contributed by atoms with Crippen molar-refractivity contribution < 1.29 is 4.79 Å². The lowest BCUT2D eigenvalue weighted by Gasteiger charge is -2.40. The fourth-order valence-corrected chi connectivity index (χ4v) is 3.64. The van der Waals surface area contributed by atoms with Crippen molar-refractivity contribution in [3.05, 3.63) is 0 Å². The average molecular weight is 281 g/mol. The molecule has 4 nitrogen and oxygen atoms in total. The quantitative estimate of drug-likeness (QED) is 0.852. The van der Waals surface area contributed by atoms with Crippen LogP contribution in [0, 0.1) is 5.92 Å². The molecule has 0 saturated carbocycles. The van der Waals surface area contributed by atoms with Crippen LogP contribution >= 0.6 is 0 Å². The zero-order valence-corrected chi connectivity index (χ0v) is 13.4. The number of amides is 1. The van der Waals surface area contributed by atoms with E-state index in [9.17, 15) is 4.79 Å². The first-order chi connectivity index (χ1) is 9.63. The molecule has 0 aliphatic carbocycles. The van der Waals surface area contributed by atoms with Crippen LogP contribution in [0.25, 0.3) is 0 Å². The first-order valence-electron chi connectivity index (χ1n) is 8.33. The van der Waals surface area contributed by atoms with Crippen LogP contribution in [0.2, 0.25) is 0 Å². The third-order valence-electron chi connectivity index (χ3n) is 4.88. The van der Waals surface area contributed by atoms with E-state index in [1.807, 2.05) is 7.05 Å². The maximum atomic E-state index is 12.9. The van der Waals surface area contributed by atoms with E-state index in [1.165, 1.54) is 19.3 Å². The van der Waals surface area contributed by atoms with Gasteiger partial charge < -0.3 is 10.2 Å². The minimum atomic E-state index is 0.0986. The maximum Gasteiger partial charge on any atom is 0.240 e. The van der Waals surface area contributed by atoms with Gasteiger partial charge in [0.05, 0.1) is 6.04 Å². The molecule has 2 heterocycles. The standard InChI is InChI=1S/C16H31N3O/c1-13(2)15(18-9-5-4-6-10-18)16(20)19-11-7-14(17-3)8-12-19/h13-15,17H,4-12H2,1-3H3. The Morgan fingerprint density at radius 3 is 2.15 bits per heavy atom. The van der Waals surface area contributed by atoms with Crippen molar-refractivity contribution in [1.29, 1.82) is 0 Å². The van der Waals surface area contributed by atoms with Crippen LogP contribution in [-0.2, 0) is 4.79 Å². The number of hydrogen-bond acceptors (Lipinski definition) is 3. The number of rotatable bonds is 4. The summed E-state index contributed by atoms with van der Waals surface area (Å²) in [5.41, 5.74) is 0. The largest absolute Gasteiger partial charge is 0.341 e. The molecular formula is C16H31N3O. The van der Waals surface area contributed by atoms with Crippen LogP contribution < -0.4 is 5.32 Å². The molecule has 2 saturated heterocycles. The fraction of sp³-hybridized carbons (Fsp3) is 0.938. The van der Waals surface area contributed by atoms with Gasteiger partial charge >= 0.3 is 0 Å². The molecule has 2 aliphatic rings. The van der Waals surface area contributed by atoms with Gasteiger partial charge in [-0.3, -0.25) is 9.69 Å². The lowest BCUT2D eigenvalue weighted by molar-refractivity contribution is -0.140. The Morgan fingerprint density at radius 1 is 1.05 bits per heavy atom. The molecule has 4 heteroatoms. The van der Waals surface area contributed by atoms with E-state index in [4.69, 9.17) is 0 Å². The maximum absolute atomic E-state index is 12.9. The van der Waals surface area contributed by atoms with Crippen molar-refractivity contribution in [2.24, 2.45) is 5.92 Å². The molecule has 0 aromatic carbocycles. The molecule has 0 radical (unpaired) electrons. The molecule has 116 valence electrons. The first kappa shape index (κ1) is 15.8. The lowest BCUT2D eigenvalue weighted by Crippen LogP contribution is -2.55. The summed E-state index contributed by atoms with van der Waals surface area (Å²) in [6.07, 6.45) is 6.00. The van der Waals surface area contributed by atoms with Crippen LogP contribution in [0.5, 0.6) is 0 Å². The highest BCUT2D eigenvalue weighted by atomic mass is 16.2. The summed E-state index contributed by atoms with van der Waals surface area (Å²) in [7, 11) is 2.02. The summed E-state index contributed by atoms with van der Waals surface area (Å²) < 4.78 is 0. The Balaban J connectivity index is 1.96. The summed E-state index contributed by atoms with van der Waals surface area (Å²) in [4.78, 5) is 17.4. The molecule has 20 heavy (non-hydrogen) atoms. The third kappa shape index (κ3) is 3.73. The molecule has 1 amide bonds. The monoisotopic (exact) mass is 281 g/mol. The Hall–Kier alpha value is -0.610. The van der Waals surface area contributed by atoms with Crippen LogP contribution in [-0.4, -0.2) is 61.0 Å². The van der Waals surface area contributed by atoms with Gasteiger partial charge in [0, 0.05) is 19.1 Å². The number of nitrogens with one attached hydrogen (secondary N) is 1. The summed E-state index contributed by atoms with van der Waals surface area (Å²) >= 11 is 0. The number of nitrogens with zero attached hydrogens (tertiary/aromatic N) is 2. The van der Waals surface area contributed by atoms with E-state index in [2.05, 4.69) is 29.0 Å². The topological polar surface area (TPSA) is 35.6 Å². The van der Waals surface area contributed by atoms with Gasteiger partial charge in [0.2, 0.25) is 5.91 Å². The molecular weight excluding hydrogens is 250 g/mol. The predicted octanol–water partition coefficient (Wildman–Crippen LogP) is 1.71. The van der Waals surface area contributed by atoms with Gasteiger partial charge in [-0.25, -0.2) is 0 Å². The number of carbonyl (C=O) groups excluding carboxylic acids is 1. The second-order valence-corrected chi connectivity index (χ2v) is 6.67. The van der Waals surface area contributed by atoms with E-state index < -0.39 is 0 Å². The van der Waals surface area contributed by atoms with Crippen LogP contribution in [0.1, 0.15) is 46.0 Å². The van der Waals surface area contributed by atoms with Crippen molar-refractivity contribution in [1.82, 2.24) is 15.1 Å². The summed E-state index contributed by atoms with van der Waals surface area (Å²) in [5.74, 6) is 0.777. The van der Waals surface area contributed by atoms with Gasteiger partial charge in [0.15, 0.2) is 0 Å². The van der Waals surface area contributed by atoms with Gasteiger partial charge in [-0.2, -0.15) is 0 Å². The summed E-state index contributed by atoms with van der Waals surface area (Å²) in [6.45, 7) is 8.42. The number of hydrogen-bond donors (Lipinski definition) is 1. The van der Waals surface area contributed by atoms with E-state index in [-0.39, 0.29) is 6.04 Å². The second-order valence-electron chi connectivity index (χ2n) is 6.67. The number of carbonyl (C=O) groups is 1. The van der Waals surface area contributed by atoms with Gasteiger partial charge in [0.25, 0.3) is 0 Å². The van der Waals surface area contributed by atoms with Crippen molar-refractivity contribution >= 4 is 5.91 Å². The van der Waals surface area contributed by atoms with Crippen LogP contribution in [0.15, 0.2) is 0 Å². The molecule has 2 rings (SSSR count). The molecule has 1 N–H and O–H groups in total. The Kier molecular flexibility index (Phi) is 5.85. The zero-order valence-electron chi connectivity index (χ0n) is 13.4. The molecule has 0 aromatic heterocycles. The normalized spacial score (nSPS) is 24.1. The SMILES string of the molecule is CNC1CCN(C(=O)C(C(C)C)N2CCCCC2)CC1. The fourth-order valence-electron chi connectivity index (χ4n) is 3.64. The molecule has 2 aliphatic heterocycles. The molecule has 0 bridgehead atoms. The molecule has 2 fully saturated rings. The Bertz CT molecular complexity index is 305. The Labute approximate surface area is 123 Å². The lowest BCUT2D eigenvalue weighted by atomic mass is 9.96. The van der Waals surface area contributed by atoms with Crippen molar-refractivity contribution in [3.8, 4) is 0 Å². The van der Waals surface area contributed by atoms with Crippen molar-refractivity contribution in [3.63, 3.8) is 0 Å². The Morgan fingerprint density at radius 2 is 1.65 bits per heavy atom. The molecule has 1 unspecified atom stereocenters. The van der Waals surface area contributed by atoms with Crippen molar-refractivity contribution in [2.75, 3.05) is 33.2 Å². The number of piperidine rings is 2. The van der Waals surface area contributed by atoms with Gasteiger partial charge in [-0.05, 0) is 51.7 Å².